The zero-order chi connectivity index (χ0) is 33.3. The molecule has 8 nitrogen and oxygen atoms in total. The number of urea groups is 1. The SMILES string of the molecule is C=CCCn1c(=O)c(NC(=O)Nc2c(C(C)C)cccc2C(C)C)c(-c2cccc(OCCCc3ccncc3)c2)c2cccnc21. The molecule has 47 heavy (non-hydrogen) atoms. The minimum absolute atomic E-state index is 0.176. The van der Waals surface area contributed by atoms with Crippen molar-refractivity contribution >= 4 is 28.4 Å². The second-order valence-electron chi connectivity index (χ2n) is 12.2. The largest absolute Gasteiger partial charge is 0.494 e. The summed E-state index contributed by atoms with van der Waals surface area (Å²) in [5.41, 5.74) is 5.75. The Bertz CT molecular complexity index is 1890. The molecule has 5 aromatic rings. The fourth-order valence-electron chi connectivity index (χ4n) is 5.83. The van der Waals surface area contributed by atoms with Gasteiger partial charge >= 0.3 is 6.03 Å². The van der Waals surface area contributed by atoms with Gasteiger partial charge in [0.25, 0.3) is 5.56 Å². The number of nitrogens with zero attached hydrogens (tertiary/aromatic N) is 3. The first kappa shape index (κ1) is 33.1. The van der Waals surface area contributed by atoms with Crippen molar-refractivity contribution in [1.82, 2.24) is 14.5 Å². The quantitative estimate of drug-likeness (QED) is 0.100. The van der Waals surface area contributed by atoms with Crippen molar-refractivity contribution in [2.45, 2.75) is 65.3 Å². The molecule has 3 aromatic heterocycles. The summed E-state index contributed by atoms with van der Waals surface area (Å²) in [4.78, 5) is 36.8. The molecule has 0 fully saturated rings. The zero-order valence-corrected chi connectivity index (χ0v) is 27.6. The molecule has 8 heteroatoms. The number of amides is 2. The van der Waals surface area contributed by atoms with Crippen molar-refractivity contribution < 1.29 is 9.53 Å². The van der Waals surface area contributed by atoms with Gasteiger partial charge in [0.2, 0.25) is 0 Å². The summed E-state index contributed by atoms with van der Waals surface area (Å²) < 4.78 is 7.76. The van der Waals surface area contributed by atoms with E-state index < -0.39 is 6.03 Å². The number of carbonyl (C=O) groups is 1. The summed E-state index contributed by atoms with van der Waals surface area (Å²) in [6.45, 7) is 13.1. The summed E-state index contributed by atoms with van der Waals surface area (Å²) in [6.07, 6.45) is 9.31. The van der Waals surface area contributed by atoms with Gasteiger partial charge in [-0.05, 0) is 89.8 Å². The third-order valence-electron chi connectivity index (χ3n) is 8.18. The van der Waals surface area contributed by atoms with Crippen molar-refractivity contribution in [2.75, 3.05) is 17.2 Å². The van der Waals surface area contributed by atoms with Crippen molar-refractivity contribution in [1.29, 1.82) is 0 Å². The number of rotatable bonds is 13. The van der Waals surface area contributed by atoms with Crippen molar-refractivity contribution in [3.63, 3.8) is 0 Å². The van der Waals surface area contributed by atoms with Gasteiger partial charge in [0.05, 0.1) is 6.61 Å². The monoisotopic (exact) mass is 629 g/mol. The maximum Gasteiger partial charge on any atom is 0.323 e. The third kappa shape index (κ3) is 7.77. The van der Waals surface area contributed by atoms with E-state index in [2.05, 4.69) is 54.9 Å². The molecule has 2 N–H and O–H groups in total. The molecule has 0 unspecified atom stereocenters. The van der Waals surface area contributed by atoms with Crippen LogP contribution in [0, 0.1) is 0 Å². The van der Waals surface area contributed by atoms with Gasteiger partial charge in [-0.1, -0.05) is 64.1 Å². The number of carbonyl (C=O) groups excluding carboxylic acids is 1. The molecular weight excluding hydrogens is 586 g/mol. The van der Waals surface area contributed by atoms with Gasteiger partial charge in [-0.15, -0.1) is 6.58 Å². The van der Waals surface area contributed by atoms with E-state index in [9.17, 15) is 9.59 Å². The van der Waals surface area contributed by atoms with Gasteiger partial charge in [0.1, 0.15) is 17.1 Å². The topological polar surface area (TPSA) is 98.1 Å². The van der Waals surface area contributed by atoms with Gasteiger partial charge in [-0.25, -0.2) is 9.78 Å². The second kappa shape index (κ2) is 15.4. The molecule has 5 rings (SSSR count). The minimum atomic E-state index is -0.486. The van der Waals surface area contributed by atoms with Crippen LogP contribution >= 0.6 is 0 Å². The summed E-state index contributed by atoms with van der Waals surface area (Å²) in [6, 6.07) is 21.0. The summed E-state index contributed by atoms with van der Waals surface area (Å²) in [5, 5.41) is 6.82. The lowest BCUT2D eigenvalue weighted by Gasteiger charge is -2.22. The molecule has 0 aliphatic carbocycles. The number of ether oxygens (including phenoxy) is 1. The Balaban J connectivity index is 1.54. The molecule has 0 atom stereocenters. The Morgan fingerprint density at radius 3 is 2.32 bits per heavy atom. The fraction of sp³-hybridized carbons (Fsp3) is 0.282. The first-order chi connectivity index (χ1) is 22.8. The molecule has 0 saturated heterocycles. The van der Waals surface area contributed by atoms with Gasteiger partial charge in [0, 0.05) is 41.8 Å². The molecule has 3 heterocycles. The van der Waals surface area contributed by atoms with Crippen LogP contribution in [0.15, 0.2) is 103 Å². The lowest BCUT2D eigenvalue weighted by Crippen LogP contribution is -2.30. The highest BCUT2D eigenvalue weighted by Crippen LogP contribution is 2.36. The number of nitrogens with one attached hydrogen (secondary N) is 2. The molecule has 0 aliphatic rings. The van der Waals surface area contributed by atoms with Gasteiger partial charge < -0.3 is 15.4 Å². The van der Waals surface area contributed by atoms with Crippen LogP contribution in [0.2, 0.25) is 0 Å². The zero-order valence-electron chi connectivity index (χ0n) is 27.6. The van der Waals surface area contributed by atoms with Gasteiger partial charge in [0.15, 0.2) is 0 Å². The molecule has 0 bridgehead atoms. The highest BCUT2D eigenvalue weighted by atomic mass is 16.5. The summed E-state index contributed by atoms with van der Waals surface area (Å²) in [5.74, 6) is 1.05. The number of fused-ring (bicyclic) bond motifs is 1. The predicted molar refractivity (Wildman–Crippen MR) is 192 cm³/mol. The predicted octanol–water partition coefficient (Wildman–Crippen LogP) is 8.94. The maximum absolute atomic E-state index is 14.3. The van der Waals surface area contributed by atoms with Crippen LogP contribution in [0.1, 0.15) is 69.1 Å². The smallest absolute Gasteiger partial charge is 0.323 e. The number of hydrogen-bond acceptors (Lipinski definition) is 5. The summed E-state index contributed by atoms with van der Waals surface area (Å²) in [7, 11) is 0. The maximum atomic E-state index is 14.3. The van der Waals surface area contributed by atoms with Crippen molar-refractivity contribution in [3.05, 3.63) is 125 Å². The van der Waals surface area contributed by atoms with E-state index in [0.29, 0.717) is 36.5 Å². The van der Waals surface area contributed by atoms with Gasteiger partial charge in [-0.3, -0.25) is 14.3 Å². The molecule has 242 valence electrons. The third-order valence-corrected chi connectivity index (χ3v) is 8.18. The van der Waals surface area contributed by atoms with Crippen LogP contribution in [0.4, 0.5) is 16.2 Å². The Labute approximate surface area is 276 Å². The number of aromatic nitrogens is 3. The van der Waals surface area contributed by atoms with Crippen LogP contribution in [0.5, 0.6) is 5.75 Å². The Kier molecular flexibility index (Phi) is 10.8. The number of para-hydroxylation sites is 1. The van der Waals surface area contributed by atoms with Crippen LogP contribution in [0.3, 0.4) is 0 Å². The van der Waals surface area contributed by atoms with Crippen molar-refractivity contribution in [3.8, 4) is 16.9 Å². The summed E-state index contributed by atoms with van der Waals surface area (Å²) >= 11 is 0. The lowest BCUT2D eigenvalue weighted by molar-refractivity contribution is 0.262. The van der Waals surface area contributed by atoms with E-state index in [1.54, 1.807) is 29.2 Å². The number of hydrogen-bond donors (Lipinski definition) is 2. The molecule has 2 aromatic carbocycles. The van der Waals surface area contributed by atoms with Crippen molar-refractivity contribution in [2.24, 2.45) is 0 Å². The van der Waals surface area contributed by atoms with Crippen LogP contribution < -0.4 is 20.9 Å². The Morgan fingerprint density at radius 1 is 0.915 bits per heavy atom. The van der Waals surface area contributed by atoms with E-state index in [4.69, 9.17) is 4.74 Å². The highest BCUT2D eigenvalue weighted by Gasteiger charge is 2.23. The second-order valence-corrected chi connectivity index (χ2v) is 12.2. The molecule has 0 spiro atoms. The van der Waals surface area contributed by atoms with Crippen LogP contribution in [-0.2, 0) is 13.0 Å². The highest BCUT2D eigenvalue weighted by molar-refractivity contribution is 6.07. The number of anilines is 2. The Hall–Kier alpha value is -5.24. The molecule has 0 aliphatic heterocycles. The van der Waals surface area contributed by atoms with Crippen LogP contribution in [-0.4, -0.2) is 27.2 Å². The normalized spacial score (nSPS) is 11.2. The van der Waals surface area contributed by atoms with Crippen LogP contribution in [0.25, 0.3) is 22.2 Å². The van der Waals surface area contributed by atoms with E-state index in [-0.39, 0.29) is 23.1 Å². The lowest BCUT2D eigenvalue weighted by atomic mass is 9.93. The first-order valence-electron chi connectivity index (χ1n) is 16.2. The number of benzene rings is 2. The molecule has 0 radical (unpaired) electrons. The van der Waals surface area contributed by atoms with E-state index in [1.165, 1.54) is 5.56 Å². The number of allylic oxidation sites excluding steroid dienone is 1. The average molecular weight is 630 g/mol. The van der Waals surface area contributed by atoms with E-state index in [1.807, 2.05) is 66.7 Å². The Morgan fingerprint density at radius 2 is 1.62 bits per heavy atom. The molecule has 2 amide bonds. The molecule has 0 saturated carbocycles. The fourth-order valence-corrected chi connectivity index (χ4v) is 5.83. The minimum Gasteiger partial charge on any atom is -0.494 e. The molecular formula is C39H43N5O3. The van der Waals surface area contributed by atoms with E-state index >= 15 is 0 Å². The van der Waals surface area contributed by atoms with Gasteiger partial charge in [-0.2, -0.15) is 0 Å². The average Bonchev–Trinajstić information content (AvgIpc) is 3.07. The number of pyridine rings is 3. The van der Waals surface area contributed by atoms with E-state index in [0.717, 1.165) is 40.6 Å². The number of aryl methyl sites for hydroxylation is 2. The standard InChI is InChI=1S/C39H43N5O3/c1-6-7-23-44-37-33(17-10-20-41-37)34(29-13-8-14-30(25-29)47-24-11-12-28-18-21-40-22-19-28)36(38(44)45)43-39(46)42-35-31(26(2)3)15-9-16-32(35)27(4)5/h6,8-10,13-22,25-27H,1,7,11-12,23-24H2,2-5H3,(H2,42,43,46). The first-order valence-corrected chi connectivity index (χ1v) is 16.2.